The molecule has 3 heteroatoms. The smallest absolute Gasteiger partial charge is 0.333 e. The molecule has 1 heterocycles. The van der Waals surface area contributed by atoms with Gasteiger partial charge in [-0.05, 0) is 49.7 Å². The van der Waals surface area contributed by atoms with Crippen molar-refractivity contribution < 1.29 is 9.53 Å². The van der Waals surface area contributed by atoms with Crippen LogP contribution in [-0.2, 0) is 16.0 Å². The fourth-order valence-electron chi connectivity index (χ4n) is 2.77. The second-order valence-corrected chi connectivity index (χ2v) is 5.38. The van der Waals surface area contributed by atoms with Gasteiger partial charge in [0.1, 0.15) is 0 Å². The molecule has 1 aromatic heterocycles. The Morgan fingerprint density at radius 2 is 2.16 bits per heavy atom. The summed E-state index contributed by atoms with van der Waals surface area (Å²) in [5, 5.41) is 0. The van der Waals surface area contributed by atoms with Gasteiger partial charge >= 0.3 is 5.97 Å². The molecular formula is C16H21NO2. The SMILES string of the molecule is C=C(C(=O)OC)C1CCC(C)c2ccc(C)nc2C1. The van der Waals surface area contributed by atoms with Crippen LogP contribution in [0, 0.1) is 12.8 Å². The monoisotopic (exact) mass is 259 g/mol. The number of carbonyl (C=O) groups is 1. The third-order valence-corrected chi connectivity index (χ3v) is 4.01. The van der Waals surface area contributed by atoms with Crippen LogP contribution in [0.15, 0.2) is 24.3 Å². The Morgan fingerprint density at radius 1 is 1.42 bits per heavy atom. The molecule has 0 fully saturated rings. The molecule has 0 bridgehead atoms. The molecule has 0 spiro atoms. The zero-order valence-corrected chi connectivity index (χ0v) is 11.9. The highest BCUT2D eigenvalue weighted by Gasteiger charge is 2.26. The van der Waals surface area contributed by atoms with Gasteiger partial charge in [0.25, 0.3) is 0 Å². The molecule has 1 aliphatic carbocycles. The van der Waals surface area contributed by atoms with E-state index in [-0.39, 0.29) is 11.9 Å². The van der Waals surface area contributed by atoms with E-state index < -0.39 is 0 Å². The minimum atomic E-state index is -0.297. The Kier molecular flexibility index (Phi) is 4.03. The standard InChI is InChI=1S/C16H21NO2/c1-10-5-7-13(12(3)16(18)19-4)9-15-14(10)8-6-11(2)17-15/h6,8,10,13H,3,5,7,9H2,1-2,4H3. The van der Waals surface area contributed by atoms with Crippen LogP contribution in [0.25, 0.3) is 0 Å². The van der Waals surface area contributed by atoms with E-state index in [1.165, 1.54) is 12.7 Å². The molecule has 0 aliphatic heterocycles. The van der Waals surface area contributed by atoms with Crippen molar-refractivity contribution in [2.45, 2.75) is 39.0 Å². The molecule has 2 rings (SSSR count). The summed E-state index contributed by atoms with van der Waals surface area (Å²) >= 11 is 0. The highest BCUT2D eigenvalue weighted by atomic mass is 16.5. The first-order valence-electron chi connectivity index (χ1n) is 6.76. The molecule has 2 unspecified atom stereocenters. The van der Waals surface area contributed by atoms with Crippen LogP contribution in [0.5, 0.6) is 0 Å². The Balaban J connectivity index is 2.30. The first-order chi connectivity index (χ1) is 9.02. The largest absolute Gasteiger partial charge is 0.466 e. The minimum absolute atomic E-state index is 0.144. The van der Waals surface area contributed by atoms with Crippen LogP contribution in [0.3, 0.4) is 0 Å². The van der Waals surface area contributed by atoms with Crippen LogP contribution in [0.2, 0.25) is 0 Å². The molecule has 1 aromatic rings. The number of nitrogens with zero attached hydrogens (tertiary/aromatic N) is 1. The molecular weight excluding hydrogens is 238 g/mol. The molecule has 0 saturated carbocycles. The van der Waals surface area contributed by atoms with Crippen LogP contribution in [0.4, 0.5) is 0 Å². The molecule has 1 aliphatic rings. The van der Waals surface area contributed by atoms with Gasteiger partial charge < -0.3 is 4.74 Å². The molecule has 102 valence electrons. The van der Waals surface area contributed by atoms with Gasteiger partial charge in [0.15, 0.2) is 0 Å². The Bertz CT molecular complexity index is 507. The maximum absolute atomic E-state index is 11.6. The molecule has 0 radical (unpaired) electrons. The predicted octanol–water partition coefficient (Wildman–Crippen LogP) is 3.18. The molecule has 0 aromatic carbocycles. The van der Waals surface area contributed by atoms with Crippen LogP contribution < -0.4 is 0 Å². The van der Waals surface area contributed by atoms with E-state index in [1.807, 2.05) is 6.92 Å². The number of ether oxygens (including phenoxy) is 1. The summed E-state index contributed by atoms with van der Waals surface area (Å²) in [6, 6.07) is 4.23. The quantitative estimate of drug-likeness (QED) is 0.465. The van der Waals surface area contributed by atoms with Crippen molar-refractivity contribution in [3.05, 3.63) is 41.2 Å². The van der Waals surface area contributed by atoms with E-state index in [9.17, 15) is 4.79 Å². The van der Waals surface area contributed by atoms with Gasteiger partial charge in [-0.3, -0.25) is 4.98 Å². The number of aryl methyl sites for hydroxylation is 1. The molecule has 0 amide bonds. The lowest BCUT2D eigenvalue weighted by atomic mass is 9.91. The normalized spacial score (nSPS) is 22.3. The zero-order chi connectivity index (χ0) is 14.0. The molecule has 2 atom stereocenters. The van der Waals surface area contributed by atoms with Gasteiger partial charge in [-0.15, -0.1) is 0 Å². The van der Waals surface area contributed by atoms with Gasteiger partial charge in [0.05, 0.1) is 7.11 Å². The van der Waals surface area contributed by atoms with Crippen molar-refractivity contribution in [3.63, 3.8) is 0 Å². The van der Waals surface area contributed by atoms with E-state index >= 15 is 0 Å². The van der Waals surface area contributed by atoms with Gasteiger partial charge in [-0.2, -0.15) is 0 Å². The van der Waals surface area contributed by atoms with Gasteiger partial charge in [0.2, 0.25) is 0 Å². The number of aromatic nitrogens is 1. The number of esters is 1. The lowest BCUT2D eigenvalue weighted by Gasteiger charge is -2.15. The number of carbonyl (C=O) groups excluding carboxylic acids is 1. The average molecular weight is 259 g/mol. The first kappa shape index (κ1) is 13.8. The van der Waals surface area contributed by atoms with Crippen molar-refractivity contribution >= 4 is 5.97 Å². The average Bonchev–Trinajstić information content (AvgIpc) is 2.56. The van der Waals surface area contributed by atoms with E-state index in [0.717, 1.165) is 30.7 Å². The van der Waals surface area contributed by atoms with Gasteiger partial charge in [0, 0.05) is 17.0 Å². The number of hydrogen-bond donors (Lipinski definition) is 0. The molecule has 0 saturated heterocycles. The third-order valence-electron chi connectivity index (χ3n) is 4.01. The first-order valence-corrected chi connectivity index (χ1v) is 6.76. The van der Waals surface area contributed by atoms with Crippen molar-refractivity contribution in [2.75, 3.05) is 7.11 Å². The fraction of sp³-hybridized carbons (Fsp3) is 0.500. The maximum atomic E-state index is 11.6. The van der Waals surface area contributed by atoms with Crippen LogP contribution in [-0.4, -0.2) is 18.1 Å². The van der Waals surface area contributed by atoms with E-state index in [2.05, 4.69) is 30.6 Å². The Labute approximate surface area is 114 Å². The Morgan fingerprint density at radius 3 is 2.84 bits per heavy atom. The number of methoxy groups -OCH3 is 1. The number of hydrogen-bond acceptors (Lipinski definition) is 3. The minimum Gasteiger partial charge on any atom is -0.466 e. The summed E-state index contributed by atoms with van der Waals surface area (Å²) in [6.45, 7) is 8.13. The van der Waals surface area contributed by atoms with Crippen molar-refractivity contribution in [2.24, 2.45) is 5.92 Å². The second kappa shape index (κ2) is 5.55. The van der Waals surface area contributed by atoms with Crippen LogP contribution in [0.1, 0.15) is 42.6 Å². The second-order valence-electron chi connectivity index (χ2n) is 5.38. The maximum Gasteiger partial charge on any atom is 0.333 e. The third kappa shape index (κ3) is 2.86. The highest BCUT2D eigenvalue weighted by Crippen LogP contribution is 2.34. The van der Waals surface area contributed by atoms with E-state index in [0.29, 0.717) is 11.5 Å². The van der Waals surface area contributed by atoms with Crippen LogP contribution >= 0.6 is 0 Å². The van der Waals surface area contributed by atoms with Gasteiger partial charge in [-0.25, -0.2) is 4.79 Å². The summed E-state index contributed by atoms with van der Waals surface area (Å²) in [5.74, 6) is 0.331. The van der Waals surface area contributed by atoms with E-state index in [4.69, 9.17) is 4.74 Å². The summed E-state index contributed by atoms with van der Waals surface area (Å²) in [4.78, 5) is 16.3. The summed E-state index contributed by atoms with van der Waals surface area (Å²) in [6.07, 6.45) is 2.80. The highest BCUT2D eigenvalue weighted by molar-refractivity contribution is 5.88. The summed E-state index contributed by atoms with van der Waals surface area (Å²) in [5.41, 5.74) is 4.02. The number of rotatable bonds is 2. The fourth-order valence-corrected chi connectivity index (χ4v) is 2.77. The van der Waals surface area contributed by atoms with Crippen molar-refractivity contribution in [3.8, 4) is 0 Å². The summed E-state index contributed by atoms with van der Waals surface area (Å²) in [7, 11) is 1.41. The Hall–Kier alpha value is -1.64. The molecule has 0 N–H and O–H groups in total. The van der Waals surface area contributed by atoms with Crippen molar-refractivity contribution in [1.29, 1.82) is 0 Å². The topological polar surface area (TPSA) is 39.2 Å². The lowest BCUT2D eigenvalue weighted by Crippen LogP contribution is -2.16. The summed E-state index contributed by atoms with van der Waals surface area (Å²) < 4.78 is 4.79. The molecule has 19 heavy (non-hydrogen) atoms. The van der Waals surface area contributed by atoms with Crippen molar-refractivity contribution in [1.82, 2.24) is 4.98 Å². The zero-order valence-electron chi connectivity index (χ0n) is 11.9. The van der Waals surface area contributed by atoms with Gasteiger partial charge in [-0.1, -0.05) is 19.6 Å². The predicted molar refractivity (Wildman–Crippen MR) is 75.0 cm³/mol. The number of pyridine rings is 1. The molecule has 3 nitrogen and oxygen atoms in total. The number of fused-ring (bicyclic) bond motifs is 1. The lowest BCUT2D eigenvalue weighted by molar-refractivity contribution is -0.136. The van der Waals surface area contributed by atoms with E-state index in [1.54, 1.807) is 0 Å².